The van der Waals surface area contributed by atoms with Gasteiger partial charge in [0.05, 0.1) is 4.88 Å². The second-order valence-electron chi connectivity index (χ2n) is 7.24. The smallest absolute Gasteiger partial charge is 0.350 e. The Morgan fingerprint density at radius 1 is 1.16 bits per heavy atom. The molecule has 7 nitrogen and oxygen atoms in total. The van der Waals surface area contributed by atoms with Gasteiger partial charge >= 0.3 is 6.18 Å². The first-order chi connectivity index (χ1) is 14.8. The Bertz CT molecular complexity index is 1060. The quantitative estimate of drug-likeness (QED) is 0.644. The lowest BCUT2D eigenvalue weighted by Gasteiger charge is -2.34. The predicted molar refractivity (Wildman–Crippen MR) is 112 cm³/mol. The first kappa shape index (κ1) is 21.4. The molecular formula is C20H21F3N6OS. The summed E-state index contributed by atoms with van der Waals surface area (Å²) in [6.45, 7) is 6.15. The number of aromatic nitrogens is 3. The van der Waals surface area contributed by atoms with Gasteiger partial charge in [-0.25, -0.2) is 15.0 Å². The van der Waals surface area contributed by atoms with Crippen LogP contribution in [-0.4, -0.2) is 65.0 Å². The van der Waals surface area contributed by atoms with E-state index in [1.54, 1.807) is 25.4 Å². The standard InChI is InChI=1S/C20H21F3N6OS/c1-13-14-3-4-15(20(21,22)23)27-18(14)31-16(13)17(30)24-7-8-28-9-11-29(12-10-28)19-25-5-2-6-26-19/h2-6H,7-12H2,1H3,(H,24,30). The Balaban J connectivity index is 1.31. The number of anilines is 1. The highest BCUT2D eigenvalue weighted by atomic mass is 32.1. The van der Waals surface area contributed by atoms with E-state index >= 15 is 0 Å². The van der Waals surface area contributed by atoms with Crippen molar-refractivity contribution < 1.29 is 18.0 Å². The van der Waals surface area contributed by atoms with Crippen LogP contribution in [0, 0.1) is 6.92 Å². The van der Waals surface area contributed by atoms with Crippen LogP contribution in [0.2, 0.25) is 0 Å². The SMILES string of the molecule is Cc1c(C(=O)NCCN2CCN(c3ncccn3)CC2)sc2nc(C(F)(F)F)ccc12. The third-order valence-corrected chi connectivity index (χ3v) is 6.42. The van der Waals surface area contributed by atoms with Gasteiger partial charge in [0.15, 0.2) is 0 Å². The van der Waals surface area contributed by atoms with Gasteiger partial charge < -0.3 is 10.2 Å². The molecule has 0 aliphatic carbocycles. The first-order valence-electron chi connectivity index (χ1n) is 9.83. The fourth-order valence-corrected chi connectivity index (χ4v) is 4.60. The number of aryl methyl sites for hydroxylation is 1. The minimum absolute atomic E-state index is 0.219. The molecule has 0 bridgehead atoms. The van der Waals surface area contributed by atoms with Crippen molar-refractivity contribution in [3.05, 3.63) is 46.7 Å². The summed E-state index contributed by atoms with van der Waals surface area (Å²) < 4.78 is 38.7. The second kappa shape index (κ2) is 8.75. The van der Waals surface area contributed by atoms with Crippen molar-refractivity contribution in [3.63, 3.8) is 0 Å². The molecule has 1 aliphatic heterocycles. The van der Waals surface area contributed by atoms with Gasteiger partial charge in [0.25, 0.3) is 5.91 Å². The molecule has 4 heterocycles. The number of rotatable bonds is 5. The number of pyridine rings is 1. The van der Waals surface area contributed by atoms with Crippen LogP contribution in [0.15, 0.2) is 30.6 Å². The zero-order valence-electron chi connectivity index (χ0n) is 16.8. The lowest BCUT2D eigenvalue weighted by Crippen LogP contribution is -2.49. The van der Waals surface area contributed by atoms with Gasteiger partial charge in [-0.3, -0.25) is 9.69 Å². The number of alkyl halides is 3. The number of carbonyl (C=O) groups is 1. The fraction of sp³-hybridized carbons (Fsp3) is 0.400. The summed E-state index contributed by atoms with van der Waals surface area (Å²) in [6.07, 6.45) is -1.06. The van der Waals surface area contributed by atoms with Crippen LogP contribution in [0.4, 0.5) is 19.1 Å². The minimum Gasteiger partial charge on any atom is -0.350 e. The zero-order valence-corrected chi connectivity index (χ0v) is 17.6. The summed E-state index contributed by atoms with van der Waals surface area (Å²) in [7, 11) is 0. The number of thiophene rings is 1. The van der Waals surface area contributed by atoms with Gasteiger partial charge in [0.1, 0.15) is 10.5 Å². The summed E-state index contributed by atoms with van der Waals surface area (Å²) in [5.74, 6) is 0.434. The Morgan fingerprint density at radius 3 is 2.55 bits per heavy atom. The third-order valence-electron chi connectivity index (χ3n) is 5.22. The second-order valence-corrected chi connectivity index (χ2v) is 8.24. The van der Waals surface area contributed by atoms with E-state index in [0.717, 1.165) is 49.5 Å². The van der Waals surface area contributed by atoms with Gasteiger partial charge in [-0.15, -0.1) is 11.3 Å². The molecule has 0 atom stereocenters. The molecule has 164 valence electrons. The number of piperazine rings is 1. The summed E-state index contributed by atoms with van der Waals surface area (Å²) in [4.78, 5) is 29.8. The number of nitrogens with zero attached hydrogens (tertiary/aromatic N) is 5. The van der Waals surface area contributed by atoms with Crippen LogP contribution in [0.1, 0.15) is 20.9 Å². The van der Waals surface area contributed by atoms with Crippen molar-refractivity contribution in [1.29, 1.82) is 0 Å². The Hall–Kier alpha value is -2.79. The van der Waals surface area contributed by atoms with Crippen LogP contribution in [0.25, 0.3) is 10.2 Å². The van der Waals surface area contributed by atoms with Crippen LogP contribution < -0.4 is 10.2 Å². The van der Waals surface area contributed by atoms with E-state index in [1.165, 1.54) is 6.07 Å². The van der Waals surface area contributed by atoms with Crippen molar-refractivity contribution in [2.24, 2.45) is 0 Å². The van der Waals surface area contributed by atoms with Crippen molar-refractivity contribution >= 4 is 33.4 Å². The molecule has 0 aromatic carbocycles. The number of halogens is 3. The van der Waals surface area contributed by atoms with E-state index in [-0.39, 0.29) is 10.7 Å². The first-order valence-corrected chi connectivity index (χ1v) is 10.6. The van der Waals surface area contributed by atoms with Gasteiger partial charge in [-0.2, -0.15) is 13.2 Å². The lowest BCUT2D eigenvalue weighted by molar-refractivity contribution is -0.140. The molecule has 11 heteroatoms. The predicted octanol–water partition coefficient (Wildman–Crippen LogP) is 2.97. The van der Waals surface area contributed by atoms with Crippen molar-refractivity contribution in [2.75, 3.05) is 44.2 Å². The van der Waals surface area contributed by atoms with Gasteiger partial charge in [0.2, 0.25) is 5.95 Å². The maximum absolute atomic E-state index is 12.9. The van der Waals surface area contributed by atoms with Crippen LogP contribution in [0.3, 0.4) is 0 Å². The third kappa shape index (κ3) is 4.77. The van der Waals surface area contributed by atoms with E-state index in [1.807, 2.05) is 0 Å². The highest BCUT2D eigenvalue weighted by Crippen LogP contribution is 2.34. The highest BCUT2D eigenvalue weighted by molar-refractivity contribution is 7.20. The number of hydrogen-bond donors (Lipinski definition) is 1. The molecule has 31 heavy (non-hydrogen) atoms. The van der Waals surface area contributed by atoms with Crippen LogP contribution in [0.5, 0.6) is 0 Å². The summed E-state index contributed by atoms with van der Waals surface area (Å²) in [5.41, 5.74) is -0.302. The molecule has 1 N–H and O–H groups in total. The molecule has 3 aromatic rings. The van der Waals surface area contributed by atoms with Crippen molar-refractivity contribution in [1.82, 2.24) is 25.2 Å². The lowest BCUT2D eigenvalue weighted by atomic mass is 10.2. The Morgan fingerprint density at radius 2 is 1.87 bits per heavy atom. The van der Waals surface area contributed by atoms with E-state index in [0.29, 0.717) is 28.9 Å². The molecule has 1 fully saturated rings. The summed E-state index contributed by atoms with van der Waals surface area (Å²) >= 11 is 0.989. The average molecular weight is 450 g/mol. The van der Waals surface area contributed by atoms with Crippen LogP contribution >= 0.6 is 11.3 Å². The molecule has 0 unspecified atom stereocenters. The normalized spacial score (nSPS) is 15.4. The highest BCUT2D eigenvalue weighted by Gasteiger charge is 2.33. The molecular weight excluding hydrogens is 429 g/mol. The molecule has 1 amide bonds. The van der Waals surface area contributed by atoms with Gasteiger partial charge in [0, 0.05) is 57.0 Å². The average Bonchev–Trinajstić information content (AvgIpc) is 3.10. The Labute approximate surface area is 180 Å². The molecule has 0 saturated carbocycles. The number of nitrogens with one attached hydrogen (secondary N) is 1. The molecule has 4 rings (SSSR count). The summed E-state index contributed by atoms with van der Waals surface area (Å²) in [5, 5.41) is 3.45. The fourth-order valence-electron chi connectivity index (χ4n) is 3.51. The number of fused-ring (bicyclic) bond motifs is 1. The van der Waals surface area contributed by atoms with E-state index in [2.05, 4.69) is 30.1 Å². The molecule has 0 radical (unpaired) electrons. The van der Waals surface area contributed by atoms with Crippen LogP contribution in [-0.2, 0) is 6.18 Å². The Kier molecular flexibility index (Phi) is 6.05. The molecule has 1 saturated heterocycles. The zero-order chi connectivity index (χ0) is 22.0. The maximum Gasteiger partial charge on any atom is 0.433 e. The monoisotopic (exact) mass is 450 g/mol. The number of hydrogen-bond acceptors (Lipinski definition) is 7. The minimum atomic E-state index is -4.51. The van der Waals surface area contributed by atoms with Gasteiger partial charge in [-0.05, 0) is 30.7 Å². The molecule has 3 aromatic heterocycles. The number of carbonyl (C=O) groups excluding carboxylic acids is 1. The molecule has 1 aliphatic rings. The van der Waals surface area contributed by atoms with E-state index in [4.69, 9.17) is 0 Å². The van der Waals surface area contributed by atoms with Crippen molar-refractivity contribution in [3.8, 4) is 0 Å². The van der Waals surface area contributed by atoms with Crippen molar-refractivity contribution in [2.45, 2.75) is 13.1 Å². The number of amides is 1. The maximum atomic E-state index is 12.9. The summed E-state index contributed by atoms with van der Waals surface area (Å²) in [6, 6.07) is 4.11. The largest absolute Gasteiger partial charge is 0.433 e. The van der Waals surface area contributed by atoms with E-state index < -0.39 is 11.9 Å². The van der Waals surface area contributed by atoms with Gasteiger partial charge in [-0.1, -0.05) is 0 Å². The topological polar surface area (TPSA) is 74.2 Å². The molecule has 0 spiro atoms. The van der Waals surface area contributed by atoms with E-state index in [9.17, 15) is 18.0 Å².